The molecular formula is C28H36N8O4S. The molecule has 1 saturated carbocycles. The van der Waals surface area contributed by atoms with Crippen LogP contribution >= 0.6 is 0 Å². The van der Waals surface area contributed by atoms with Gasteiger partial charge >= 0.3 is 0 Å². The summed E-state index contributed by atoms with van der Waals surface area (Å²) in [6.07, 6.45) is 8.50. The molecule has 6 rings (SSSR count). The molecule has 1 aromatic carbocycles. The Bertz CT molecular complexity index is 1830. The van der Waals surface area contributed by atoms with Crippen LogP contribution in [0.25, 0.3) is 16.7 Å². The van der Waals surface area contributed by atoms with Crippen LogP contribution in [-0.4, -0.2) is 74.2 Å². The topological polar surface area (TPSA) is 127 Å². The summed E-state index contributed by atoms with van der Waals surface area (Å²) >= 11 is 0. The molecule has 13 heteroatoms. The molecule has 4 heterocycles. The zero-order valence-electron chi connectivity index (χ0n) is 24.0. The highest BCUT2D eigenvalue weighted by Crippen LogP contribution is 2.37. The number of rotatable bonds is 7. The average molecular weight is 581 g/mol. The van der Waals surface area contributed by atoms with Crippen molar-refractivity contribution >= 4 is 38.3 Å². The van der Waals surface area contributed by atoms with Gasteiger partial charge in [0.15, 0.2) is 0 Å². The molecule has 0 radical (unpaired) electrons. The Kier molecular flexibility index (Phi) is 6.49. The minimum Gasteiger partial charge on any atom is -0.366 e. The summed E-state index contributed by atoms with van der Waals surface area (Å²) in [5.41, 5.74) is 1.24. The van der Waals surface area contributed by atoms with E-state index in [1.165, 1.54) is 6.07 Å². The van der Waals surface area contributed by atoms with Crippen LogP contribution in [0.1, 0.15) is 46.1 Å². The van der Waals surface area contributed by atoms with Gasteiger partial charge < -0.3 is 9.80 Å². The molecule has 4 aromatic rings. The number of aromatic nitrogens is 5. The monoisotopic (exact) mass is 580 g/mol. The second-order valence-corrected chi connectivity index (χ2v) is 13.7. The summed E-state index contributed by atoms with van der Waals surface area (Å²) in [4.78, 5) is 35.5. The number of fused-ring (bicyclic) bond motifs is 3. The molecule has 0 spiro atoms. The van der Waals surface area contributed by atoms with Crippen molar-refractivity contribution in [1.29, 1.82) is 0 Å². The molecule has 3 aromatic heterocycles. The van der Waals surface area contributed by atoms with E-state index in [0.29, 0.717) is 36.6 Å². The van der Waals surface area contributed by atoms with E-state index in [-0.39, 0.29) is 40.3 Å². The number of sulfonamides is 1. The number of carbonyl (C=O) groups is 1. The molecule has 1 amide bonds. The summed E-state index contributed by atoms with van der Waals surface area (Å²) in [5, 5.41) is 4.51. The first kappa shape index (κ1) is 27.5. The molecule has 2 aliphatic rings. The second kappa shape index (κ2) is 9.69. The summed E-state index contributed by atoms with van der Waals surface area (Å²) in [6.45, 7) is 9.40. The van der Waals surface area contributed by atoms with E-state index in [9.17, 15) is 18.0 Å². The molecular weight excluding hydrogens is 544 g/mol. The predicted octanol–water partition coefficient (Wildman–Crippen LogP) is 1.95. The normalized spacial score (nSPS) is 19.0. The van der Waals surface area contributed by atoms with Gasteiger partial charge in [-0.3, -0.25) is 23.2 Å². The maximum atomic E-state index is 14.1. The number of carbonyl (C=O) groups excluding carboxylic acids is 1. The van der Waals surface area contributed by atoms with Crippen LogP contribution in [0.5, 0.6) is 0 Å². The van der Waals surface area contributed by atoms with E-state index in [1.54, 1.807) is 33.9 Å². The fraction of sp³-hybridized carbons (Fsp3) is 0.500. The van der Waals surface area contributed by atoms with Crippen LogP contribution in [0, 0.1) is 5.92 Å². The van der Waals surface area contributed by atoms with Crippen molar-refractivity contribution in [3.05, 3.63) is 52.8 Å². The number of nitrogens with one attached hydrogen (secondary N) is 1. The number of benzene rings is 1. The third-order valence-electron chi connectivity index (χ3n) is 8.18. The summed E-state index contributed by atoms with van der Waals surface area (Å²) in [7, 11) is -2.10. The maximum Gasteiger partial charge on any atom is 0.263 e. The zero-order valence-corrected chi connectivity index (χ0v) is 24.8. The average Bonchev–Trinajstić information content (AvgIpc) is 3.26. The number of hydrogen-bond donors (Lipinski definition) is 1. The Hall–Kier alpha value is -3.71. The van der Waals surface area contributed by atoms with E-state index < -0.39 is 15.6 Å². The highest BCUT2D eigenvalue weighted by molar-refractivity contribution is 7.89. The van der Waals surface area contributed by atoms with Crippen molar-refractivity contribution in [1.82, 2.24) is 33.4 Å². The van der Waals surface area contributed by atoms with Crippen molar-refractivity contribution < 1.29 is 13.2 Å². The number of imidazole rings is 1. The minimum atomic E-state index is -3.91. The first-order chi connectivity index (χ1) is 19.4. The fourth-order valence-corrected chi connectivity index (χ4v) is 7.21. The Balaban J connectivity index is 1.54. The smallest absolute Gasteiger partial charge is 0.263 e. The number of piperazine rings is 1. The Labute approximate surface area is 238 Å². The molecule has 1 N–H and O–H groups in total. The third-order valence-corrected chi connectivity index (χ3v) is 9.80. The van der Waals surface area contributed by atoms with Gasteiger partial charge in [-0.1, -0.05) is 13.8 Å². The van der Waals surface area contributed by atoms with Gasteiger partial charge in [0.05, 0.1) is 34.2 Å². The van der Waals surface area contributed by atoms with Crippen molar-refractivity contribution in [2.24, 2.45) is 13.0 Å². The number of anilines is 1. The van der Waals surface area contributed by atoms with E-state index in [0.717, 1.165) is 18.4 Å². The molecule has 2 fully saturated rings. The van der Waals surface area contributed by atoms with Crippen molar-refractivity contribution in [3.63, 3.8) is 0 Å². The van der Waals surface area contributed by atoms with Crippen molar-refractivity contribution in [2.45, 2.75) is 63.6 Å². The largest absolute Gasteiger partial charge is 0.366 e. The number of amides is 1. The Morgan fingerprint density at radius 2 is 1.98 bits per heavy atom. The van der Waals surface area contributed by atoms with Gasteiger partial charge in [-0.15, -0.1) is 0 Å². The van der Waals surface area contributed by atoms with Gasteiger partial charge in [-0.05, 0) is 38.8 Å². The molecule has 12 nitrogen and oxygen atoms in total. The molecule has 1 aliphatic carbocycles. The Morgan fingerprint density at radius 3 is 2.61 bits per heavy atom. The number of hydrogen-bond acceptors (Lipinski definition) is 7. The maximum absolute atomic E-state index is 14.1. The first-order valence-electron chi connectivity index (χ1n) is 14.0. The highest BCUT2D eigenvalue weighted by Gasteiger charge is 2.41. The summed E-state index contributed by atoms with van der Waals surface area (Å²) < 4.78 is 35.2. The number of nitrogens with zero attached hydrogens (tertiary/aromatic N) is 7. The SMILES string of the molecule is CC(C)C(=O)N1CCN(c2cc(S(=O)(=O)NC3(C)CC3)cc3c(=O)n(Cc4cnn(C)c4)c4nccn4c23)C[C@H]1C. The van der Waals surface area contributed by atoms with Gasteiger partial charge in [-0.25, -0.2) is 18.1 Å². The Morgan fingerprint density at radius 1 is 1.22 bits per heavy atom. The van der Waals surface area contributed by atoms with Gasteiger partial charge in [0, 0.05) is 68.3 Å². The van der Waals surface area contributed by atoms with Crippen LogP contribution in [0.3, 0.4) is 0 Å². The molecule has 218 valence electrons. The minimum absolute atomic E-state index is 0.0472. The third kappa shape index (κ3) is 4.90. The molecule has 0 unspecified atom stereocenters. The summed E-state index contributed by atoms with van der Waals surface area (Å²) in [5.74, 6) is 0.431. The van der Waals surface area contributed by atoms with Crippen LogP contribution in [0.4, 0.5) is 5.69 Å². The molecule has 1 aliphatic heterocycles. The van der Waals surface area contributed by atoms with Crippen LogP contribution in [-0.2, 0) is 28.4 Å². The first-order valence-corrected chi connectivity index (χ1v) is 15.5. The molecule has 41 heavy (non-hydrogen) atoms. The zero-order chi connectivity index (χ0) is 29.3. The van der Waals surface area contributed by atoms with E-state index in [4.69, 9.17) is 0 Å². The van der Waals surface area contributed by atoms with Crippen molar-refractivity contribution in [2.75, 3.05) is 24.5 Å². The summed E-state index contributed by atoms with van der Waals surface area (Å²) in [6, 6.07) is 3.05. The lowest BCUT2D eigenvalue weighted by Crippen LogP contribution is -2.55. The fourth-order valence-electron chi connectivity index (χ4n) is 5.70. The lowest BCUT2D eigenvalue weighted by atomic mass is 10.1. The van der Waals surface area contributed by atoms with Crippen molar-refractivity contribution in [3.8, 4) is 0 Å². The van der Waals surface area contributed by atoms with Gasteiger partial charge in [-0.2, -0.15) is 5.10 Å². The number of aryl methyl sites for hydroxylation is 1. The molecule has 1 atom stereocenters. The van der Waals surface area contributed by atoms with E-state index in [2.05, 4.69) is 19.7 Å². The van der Waals surface area contributed by atoms with Crippen LogP contribution in [0.2, 0.25) is 0 Å². The van der Waals surface area contributed by atoms with E-state index in [1.807, 2.05) is 50.2 Å². The molecule has 0 bridgehead atoms. The van der Waals surface area contributed by atoms with Crippen LogP contribution in [0.15, 0.2) is 46.6 Å². The second-order valence-electron chi connectivity index (χ2n) is 12.0. The standard InChI is InChI=1S/C28H36N8O4S/c1-18(2)25(37)34-11-10-33(15-19(34)3)23-13-21(41(39,40)31-28(4)6-7-28)12-22-24(23)35-9-8-29-27(35)36(26(22)38)17-20-14-30-32(5)16-20/h8-9,12-14,16,18-19,31H,6-7,10-11,15,17H2,1-5H3/t19-/m1/s1. The lowest BCUT2D eigenvalue weighted by molar-refractivity contribution is -0.136. The quantitative estimate of drug-likeness (QED) is 0.354. The van der Waals surface area contributed by atoms with E-state index >= 15 is 0 Å². The highest BCUT2D eigenvalue weighted by atomic mass is 32.2. The predicted molar refractivity (Wildman–Crippen MR) is 155 cm³/mol. The lowest BCUT2D eigenvalue weighted by Gasteiger charge is -2.42. The van der Waals surface area contributed by atoms with Gasteiger partial charge in [0.25, 0.3) is 5.56 Å². The van der Waals surface area contributed by atoms with Crippen LogP contribution < -0.4 is 15.2 Å². The molecule has 1 saturated heterocycles. The van der Waals surface area contributed by atoms with Gasteiger partial charge in [0.2, 0.25) is 21.7 Å². The van der Waals surface area contributed by atoms with Gasteiger partial charge in [0.1, 0.15) is 0 Å².